The van der Waals surface area contributed by atoms with Crippen LogP contribution in [0.5, 0.6) is 0 Å². The van der Waals surface area contributed by atoms with Gasteiger partial charge in [0.15, 0.2) is 5.82 Å². The predicted octanol–water partition coefficient (Wildman–Crippen LogP) is 0.205. The number of hydrogen-bond donors (Lipinski definition) is 4. The molecule has 0 aliphatic carbocycles. The summed E-state index contributed by atoms with van der Waals surface area (Å²) in [5.41, 5.74) is 6.38. The number of carbonyl (C=O) groups is 3. The summed E-state index contributed by atoms with van der Waals surface area (Å²) in [6, 6.07) is 6.55. The SMILES string of the molecule is NC(=O)c1nc(CNC(=O)c2ccc([C@@H]3NC(=O)N[C@H]4OCCC[C@H]43)cc2)no1. The topological polar surface area (TPSA) is 161 Å². The number of ether oxygens (including phenoxy) is 1. The van der Waals surface area contributed by atoms with Crippen LogP contribution in [0.2, 0.25) is 0 Å². The van der Waals surface area contributed by atoms with Crippen molar-refractivity contribution in [3.05, 3.63) is 47.1 Å². The van der Waals surface area contributed by atoms with Crippen molar-refractivity contribution in [1.29, 1.82) is 0 Å². The molecular weight excluding hydrogens is 380 g/mol. The van der Waals surface area contributed by atoms with Crippen LogP contribution in [0.25, 0.3) is 0 Å². The summed E-state index contributed by atoms with van der Waals surface area (Å²) in [6.07, 6.45) is 1.57. The predicted molar refractivity (Wildman–Crippen MR) is 97.3 cm³/mol. The van der Waals surface area contributed by atoms with Crippen molar-refractivity contribution in [3.63, 3.8) is 0 Å². The fraction of sp³-hybridized carbons (Fsp3) is 0.389. The van der Waals surface area contributed by atoms with E-state index in [0.29, 0.717) is 12.2 Å². The van der Waals surface area contributed by atoms with Gasteiger partial charge in [-0.2, -0.15) is 4.98 Å². The average molecular weight is 400 g/mol. The Morgan fingerprint density at radius 1 is 1.24 bits per heavy atom. The fourth-order valence-corrected chi connectivity index (χ4v) is 3.57. The van der Waals surface area contributed by atoms with E-state index in [-0.39, 0.29) is 48.4 Å². The Balaban J connectivity index is 1.40. The maximum absolute atomic E-state index is 12.3. The van der Waals surface area contributed by atoms with E-state index in [2.05, 4.69) is 30.6 Å². The molecule has 5 N–H and O–H groups in total. The van der Waals surface area contributed by atoms with E-state index in [9.17, 15) is 14.4 Å². The number of nitrogens with two attached hydrogens (primary N) is 1. The zero-order valence-electron chi connectivity index (χ0n) is 15.4. The van der Waals surface area contributed by atoms with Crippen molar-refractivity contribution in [2.45, 2.75) is 31.7 Å². The lowest BCUT2D eigenvalue weighted by atomic mass is 9.85. The number of nitrogens with zero attached hydrogens (tertiary/aromatic N) is 2. The molecule has 0 bridgehead atoms. The Morgan fingerprint density at radius 3 is 2.76 bits per heavy atom. The molecule has 2 aliphatic heterocycles. The summed E-state index contributed by atoms with van der Waals surface area (Å²) in [5, 5.41) is 12.0. The van der Waals surface area contributed by atoms with Crippen LogP contribution in [0.3, 0.4) is 0 Å². The molecule has 2 aliphatic rings. The molecule has 2 aromatic rings. The monoisotopic (exact) mass is 400 g/mol. The average Bonchev–Trinajstić information content (AvgIpc) is 3.21. The van der Waals surface area contributed by atoms with E-state index in [1.165, 1.54) is 0 Å². The number of hydrogen-bond acceptors (Lipinski definition) is 7. The van der Waals surface area contributed by atoms with Gasteiger partial charge < -0.3 is 30.9 Å². The molecule has 11 nitrogen and oxygen atoms in total. The summed E-state index contributed by atoms with van der Waals surface area (Å²) in [5.74, 6) is -1.22. The maximum Gasteiger partial charge on any atom is 0.317 e. The van der Waals surface area contributed by atoms with E-state index in [4.69, 9.17) is 10.5 Å². The second kappa shape index (κ2) is 7.87. The number of rotatable bonds is 5. The molecule has 1 aromatic heterocycles. The minimum atomic E-state index is -0.832. The zero-order valence-corrected chi connectivity index (χ0v) is 15.4. The van der Waals surface area contributed by atoms with Gasteiger partial charge in [0.05, 0.1) is 12.6 Å². The van der Waals surface area contributed by atoms with Crippen molar-refractivity contribution >= 4 is 17.8 Å². The van der Waals surface area contributed by atoms with Gasteiger partial charge in [-0.3, -0.25) is 9.59 Å². The molecule has 4 rings (SSSR count). The van der Waals surface area contributed by atoms with Crippen molar-refractivity contribution in [3.8, 4) is 0 Å². The molecule has 2 saturated heterocycles. The van der Waals surface area contributed by atoms with Gasteiger partial charge in [-0.05, 0) is 30.5 Å². The number of fused-ring (bicyclic) bond motifs is 1. The van der Waals surface area contributed by atoms with Crippen LogP contribution in [-0.2, 0) is 11.3 Å². The molecule has 1 aromatic carbocycles. The molecular formula is C18H20N6O5. The van der Waals surface area contributed by atoms with Crippen LogP contribution in [0, 0.1) is 5.92 Å². The summed E-state index contributed by atoms with van der Waals surface area (Å²) in [4.78, 5) is 39.0. The van der Waals surface area contributed by atoms with Crippen molar-refractivity contribution in [2.75, 3.05) is 6.61 Å². The van der Waals surface area contributed by atoms with Crippen molar-refractivity contribution in [1.82, 2.24) is 26.1 Å². The Bertz CT molecular complexity index is 927. The van der Waals surface area contributed by atoms with E-state index >= 15 is 0 Å². The number of carbonyl (C=O) groups excluding carboxylic acids is 3. The minimum Gasteiger partial charge on any atom is -0.361 e. The van der Waals surface area contributed by atoms with Crippen LogP contribution >= 0.6 is 0 Å². The van der Waals surface area contributed by atoms with Gasteiger partial charge in [0.2, 0.25) is 0 Å². The highest BCUT2D eigenvalue weighted by Gasteiger charge is 2.39. The first-order chi connectivity index (χ1) is 14.0. The van der Waals surface area contributed by atoms with Crippen LogP contribution in [0.4, 0.5) is 4.79 Å². The Hall–Kier alpha value is -3.47. The summed E-state index contributed by atoms with van der Waals surface area (Å²) < 4.78 is 10.3. The molecule has 4 amide bonds. The van der Waals surface area contributed by atoms with E-state index in [0.717, 1.165) is 18.4 Å². The molecule has 0 saturated carbocycles. The van der Waals surface area contributed by atoms with E-state index in [1.807, 2.05) is 12.1 Å². The van der Waals surface area contributed by atoms with Crippen LogP contribution < -0.4 is 21.7 Å². The van der Waals surface area contributed by atoms with E-state index < -0.39 is 5.91 Å². The summed E-state index contributed by atoms with van der Waals surface area (Å²) in [7, 11) is 0. The first-order valence-electron chi connectivity index (χ1n) is 9.20. The summed E-state index contributed by atoms with van der Waals surface area (Å²) in [6.45, 7) is 0.622. The Morgan fingerprint density at radius 2 is 2.03 bits per heavy atom. The van der Waals surface area contributed by atoms with Gasteiger partial charge >= 0.3 is 17.8 Å². The molecule has 3 heterocycles. The lowest BCUT2D eigenvalue weighted by molar-refractivity contribution is -0.0602. The second-order valence-corrected chi connectivity index (χ2v) is 6.88. The highest BCUT2D eigenvalue weighted by molar-refractivity contribution is 5.94. The highest BCUT2D eigenvalue weighted by Crippen LogP contribution is 2.34. The molecule has 0 radical (unpaired) electrons. The Kier molecular flexibility index (Phi) is 5.12. The largest absolute Gasteiger partial charge is 0.361 e. The maximum atomic E-state index is 12.3. The van der Waals surface area contributed by atoms with Gasteiger partial charge in [0, 0.05) is 18.1 Å². The second-order valence-electron chi connectivity index (χ2n) is 6.88. The molecule has 0 unspecified atom stereocenters. The minimum absolute atomic E-state index is 0.0111. The Labute approximate surface area is 165 Å². The van der Waals surface area contributed by atoms with Gasteiger partial charge in [0.25, 0.3) is 5.91 Å². The lowest BCUT2D eigenvalue weighted by Gasteiger charge is -2.41. The van der Waals surface area contributed by atoms with Gasteiger partial charge in [-0.1, -0.05) is 17.3 Å². The third-order valence-electron chi connectivity index (χ3n) is 4.97. The number of aromatic nitrogens is 2. The standard InChI is InChI=1S/C18H20N6O5/c19-14(25)17-21-12(24-29-17)8-20-15(26)10-5-3-9(4-6-10)13-11-2-1-7-28-16(11)23-18(27)22-13/h3-6,11,13,16H,1-2,7-8H2,(H2,19,25)(H,20,26)(H2,22,23,27)/t11-,13-,16-/m0/s1. The smallest absolute Gasteiger partial charge is 0.317 e. The van der Waals surface area contributed by atoms with Crippen LogP contribution in [0.15, 0.2) is 28.8 Å². The molecule has 29 heavy (non-hydrogen) atoms. The van der Waals surface area contributed by atoms with Crippen molar-refractivity contribution < 1.29 is 23.6 Å². The van der Waals surface area contributed by atoms with Crippen LogP contribution in [0.1, 0.15) is 51.3 Å². The zero-order chi connectivity index (χ0) is 20.4. The van der Waals surface area contributed by atoms with Crippen LogP contribution in [-0.4, -0.2) is 40.8 Å². The third-order valence-corrected chi connectivity index (χ3v) is 4.97. The van der Waals surface area contributed by atoms with Gasteiger partial charge in [-0.25, -0.2) is 4.79 Å². The van der Waals surface area contributed by atoms with Gasteiger partial charge in [-0.15, -0.1) is 0 Å². The first-order valence-corrected chi connectivity index (χ1v) is 9.20. The number of primary amides is 1. The fourth-order valence-electron chi connectivity index (χ4n) is 3.57. The summed E-state index contributed by atoms with van der Waals surface area (Å²) >= 11 is 0. The normalized spacial score (nSPS) is 23.4. The number of nitrogens with one attached hydrogen (secondary N) is 3. The van der Waals surface area contributed by atoms with Gasteiger partial charge in [0.1, 0.15) is 6.23 Å². The van der Waals surface area contributed by atoms with Crippen molar-refractivity contribution in [2.24, 2.45) is 11.7 Å². The molecule has 11 heteroatoms. The molecule has 152 valence electrons. The van der Waals surface area contributed by atoms with E-state index in [1.54, 1.807) is 12.1 Å². The molecule has 0 spiro atoms. The molecule has 2 fully saturated rings. The number of urea groups is 1. The third kappa shape index (κ3) is 4.04. The lowest BCUT2D eigenvalue weighted by Crippen LogP contribution is -2.58. The number of benzene rings is 1. The number of amides is 4. The first kappa shape index (κ1) is 18.9. The highest BCUT2D eigenvalue weighted by atomic mass is 16.5. The quantitative estimate of drug-likeness (QED) is 0.557. The molecule has 3 atom stereocenters.